The van der Waals surface area contributed by atoms with E-state index in [2.05, 4.69) is 0 Å². The van der Waals surface area contributed by atoms with Gasteiger partial charge in [-0.05, 0) is 51.3 Å². The first-order valence-corrected chi connectivity index (χ1v) is 9.51. The Balaban J connectivity index is 3.88. The lowest BCUT2D eigenvalue weighted by atomic mass is 10.1. The fourth-order valence-electron chi connectivity index (χ4n) is 2.99. The Kier molecular flexibility index (Phi) is 8.02. The second-order valence-electron chi connectivity index (χ2n) is 8.31. The molecule has 0 fully saturated rings. The van der Waals surface area contributed by atoms with Crippen LogP contribution in [0.3, 0.4) is 0 Å². The van der Waals surface area contributed by atoms with Crippen LogP contribution in [0.1, 0.15) is 46.6 Å². The molecule has 0 radical (unpaired) electrons. The van der Waals surface area contributed by atoms with E-state index in [0.717, 1.165) is 5.56 Å². The molecule has 7 heteroatoms. The zero-order valence-corrected chi connectivity index (χ0v) is 18.4. The summed E-state index contributed by atoms with van der Waals surface area (Å²) >= 11 is 0. The van der Waals surface area contributed by atoms with Crippen LogP contribution in [0.5, 0.6) is 11.5 Å². The number of ether oxygens (including phenoxy) is 3. The molecule has 0 heterocycles. The van der Waals surface area contributed by atoms with Gasteiger partial charge in [-0.25, -0.2) is 4.79 Å². The summed E-state index contributed by atoms with van der Waals surface area (Å²) in [5.41, 5.74) is 6.18. The highest BCUT2D eigenvalue weighted by atomic mass is 16.6. The van der Waals surface area contributed by atoms with Crippen LogP contribution in [0.2, 0.25) is 0 Å². The van der Waals surface area contributed by atoms with Crippen LogP contribution in [0.25, 0.3) is 0 Å². The third-order valence-corrected chi connectivity index (χ3v) is 4.35. The average Bonchev–Trinajstić information content (AvgIpc) is 2.60. The highest BCUT2D eigenvalue weighted by molar-refractivity contribution is 6.09. The minimum Gasteiger partial charge on any atom is -0.491 e. The van der Waals surface area contributed by atoms with Crippen molar-refractivity contribution in [1.82, 2.24) is 4.48 Å². The third kappa shape index (κ3) is 5.23. The van der Waals surface area contributed by atoms with E-state index in [-0.39, 0.29) is 19.0 Å². The van der Waals surface area contributed by atoms with Crippen molar-refractivity contribution in [3.05, 3.63) is 17.7 Å². The van der Waals surface area contributed by atoms with Crippen molar-refractivity contribution in [2.75, 3.05) is 27.3 Å². The molecule has 158 valence electrons. The summed E-state index contributed by atoms with van der Waals surface area (Å²) in [6.07, 6.45) is -0.0883. The van der Waals surface area contributed by atoms with E-state index >= 15 is 0 Å². The lowest BCUT2D eigenvalue weighted by Crippen LogP contribution is -2.62. The molecular formula is C21H35N2O5+. The molecule has 7 nitrogen and oxygen atoms in total. The maximum Gasteiger partial charge on any atom is 0.529 e. The molecule has 28 heavy (non-hydrogen) atoms. The smallest absolute Gasteiger partial charge is 0.491 e. The number of carbonyl (C=O) groups is 2. The first-order valence-electron chi connectivity index (χ1n) is 9.51. The Morgan fingerprint density at radius 2 is 1.61 bits per heavy atom. The van der Waals surface area contributed by atoms with E-state index in [0.29, 0.717) is 23.6 Å². The monoisotopic (exact) mass is 395 g/mol. The van der Waals surface area contributed by atoms with E-state index in [1.165, 1.54) is 14.2 Å². The predicted molar refractivity (Wildman–Crippen MR) is 111 cm³/mol. The zero-order chi connectivity index (χ0) is 21.7. The van der Waals surface area contributed by atoms with Crippen molar-refractivity contribution in [2.45, 2.75) is 53.6 Å². The van der Waals surface area contributed by atoms with Gasteiger partial charge in [-0.1, -0.05) is 13.8 Å². The van der Waals surface area contributed by atoms with Crippen molar-refractivity contribution in [1.29, 1.82) is 0 Å². The maximum atomic E-state index is 13.5. The second-order valence-corrected chi connectivity index (χ2v) is 8.31. The molecule has 1 unspecified atom stereocenters. The number of methoxy groups -OCH3 is 2. The van der Waals surface area contributed by atoms with Crippen LogP contribution >= 0.6 is 0 Å². The van der Waals surface area contributed by atoms with Crippen LogP contribution in [0.4, 0.5) is 10.5 Å². The largest absolute Gasteiger partial charge is 0.529 e. The van der Waals surface area contributed by atoms with Crippen LogP contribution in [0, 0.1) is 12.8 Å². The van der Waals surface area contributed by atoms with Gasteiger partial charge in [0.05, 0.1) is 14.2 Å². The van der Waals surface area contributed by atoms with Gasteiger partial charge in [0.15, 0.2) is 11.5 Å². The molecule has 1 atom stereocenters. The second kappa shape index (κ2) is 9.39. The molecule has 2 N–H and O–H groups in total. The minimum absolute atomic E-state index is 0.193. The fourth-order valence-corrected chi connectivity index (χ4v) is 2.99. The lowest BCUT2D eigenvalue weighted by Gasteiger charge is -2.35. The van der Waals surface area contributed by atoms with E-state index in [1.807, 2.05) is 20.8 Å². The number of amides is 2. The van der Waals surface area contributed by atoms with Crippen LogP contribution in [0.15, 0.2) is 12.1 Å². The number of hydrogen-bond acceptors (Lipinski definition) is 6. The SMILES string of the molecule is COc1cc(C)cc(OC)c1[N+](CCC(C)C)(C(=O)CN)C(=O)OC(C)(C)C. The van der Waals surface area contributed by atoms with Crippen molar-refractivity contribution < 1.29 is 23.8 Å². The van der Waals surface area contributed by atoms with Gasteiger partial charge in [0.25, 0.3) is 0 Å². The molecule has 0 spiro atoms. The Morgan fingerprint density at radius 1 is 1.11 bits per heavy atom. The average molecular weight is 396 g/mol. The number of aryl methyl sites for hydroxylation is 1. The predicted octanol–water partition coefficient (Wildman–Crippen LogP) is 3.79. The van der Waals surface area contributed by atoms with E-state index in [1.54, 1.807) is 32.9 Å². The normalized spacial score (nSPS) is 13.8. The number of nitrogens with two attached hydrogens (primary N) is 1. The highest BCUT2D eigenvalue weighted by Gasteiger charge is 2.53. The van der Waals surface area contributed by atoms with Gasteiger partial charge in [0, 0.05) is 6.42 Å². The number of nitrogens with zero attached hydrogens (tertiary/aromatic N) is 1. The Labute approximate surface area is 168 Å². The molecule has 1 rings (SSSR count). The van der Waals surface area contributed by atoms with Gasteiger partial charge >= 0.3 is 12.0 Å². The van der Waals surface area contributed by atoms with E-state index in [4.69, 9.17) is 19.9 Å². The summed E-state index contributed by atoms with van der Waals surface area (Å²) in [6, 6.07) is 3.54. The van der Waals surface area contributed by atoms with Gasteiger partial charge in [0.2, 0.25) is 5.69 Å². The molecule has 0 aliphatic heterocycles. The number of imide groups is 1. The molecule has 0 saturated carbocycles. The number of rotatable bonds is 7. The van der Waals surface area contributed by atoms with Crippen molar-refractivity contribution in [3.8, 4) is 11.5 Å². The maximum absolute atomic E-state index is 13.5. The third-order valence-electron chi connectivity index (χ3n) is 4.35. The van der Waals surface area contributed by atoms with Crippen molar-refractivity contribution in [2.24, 2.45) is 11.7 Å². The minimum atomic E-state index is -0.779. The van der Waals surface area contributed by atoms with Gasteiger partial charge < -0.3 is 19.9 Å². The van der Waals surface area contributed by atoms with Crippen LogP contribution in [-0.2, 0) is 9.53 Å². The Morgan fingerprint density at radius 3 is 1.96 bits per heavy atom. The molecule has 0 bridgehead atoms. The summed E-state index contributed by atoms with van der Waals surface area (Å²) < 4.78 is 16.1. The summed E-state index contributed by atoms with van der Waals surface area (Å²) in [7, 11) is 2.99. The lowest BCUT2D eigenvalue weighted by molar-refractivity contribution is -0.128. The molecule has 1 aromatic rings. The molecule has 0 aromatic heterocycles. The Hall–Kier alpha value is -2.12. The first kappa shape index (κ1) is 23.9. The number of benzene rings is 1. The summed E-state index contributed by atoms with van der Waals surface area (Å²) in [6.45, 7) is 11.1. The first-order chi connectivity index (χ1) is 12.9. The van der Waals surface area contributed by atoms with Crippen LogP contribution < -0.4 is 19.7 Å². The van der Waals surface area contributed by atoms with Crippen LogP contribution in [-0.4, -0.2) is 44.9 Å². The molecule has 1 aromatic carbocycles. The summed E-state index contributed by atoms with van der Waals surface area (Å²) in [5.74, 6) is 0.546. The summed E-state index contributed by atoms with van der Waals surface area (Å²) in [5, 5.41) is 0. The standard InChI is InChI=1S/C21H35N2O5/c1-14(2)9-10-23(18(24)13-22,20(25)28-21(4,5)6)19-16(26-7)11-15(3)12-17(19)27-8/h11-12,14H,9-10,13,22H2,1-8H3/q+1. The highest BCUT2D eigenvalue weighted by Crippen LogP contribution is 2.45. The number of quaternary nitrogens is 1. The molecule has 0 aliphatic rings. The van der Waals surface area contributed by atoms with E-state index < -0.39 is 22.1 Å². The van der Waals surface area contributed by atoms with Crippen molar-refractivity contribution in [3.63, 3.8) is 0 Å². The fraction of sp³-hybridized carbons (Fsp3) is 0.619. The molecular weight excluding hydrogens is 360 g/mol. The quantitative estimate of drug-likeness (QED) is 0.707. The van der Waals surface area contributed by atoms with Gasteiger partial charge in [-0.2, -0.15) is 4.79 Å². The van der Waals surface area contributed by atoms with Gasteiger partial charge in [-0.15, -0.1) is 4.48 Å². The topological polar surface area (TPSA) is 87.9 Å². The zero-order valence-electron chi connectivity index (χ0n) is 18.4. The van der Waals surface area contributed by atoms with Gasteiger partial charge in [0.1, 0.15) is 18.7 Å². The molecule has 2 amide bonds. The summed E-state index contributed by atoms with van der Waals surface area (Å²) in [4.78, 5) is 26.7. The van der Waals surface area contributed by atoms with Crippen molar-refractivity contribution >= 4 is 17.7 Å². The van der Waals surface area contributed by atoms with E-state index in [9.17, 15) is 9.59 Å². The number of hydrogen-bond donors (Lipinski definition) is 1. The Bertz CT molecular complexity index is 684. The molecule has 0 saturated heterocycles. The molecule has 0 aliphatic carbocycles. The van der Waals surface area contributed by atoms with Gasteiger partial charge in [-0.3, -0.25) is 0 Å². The number of carbonyl (C=O) groups excluding carboxylic acids is 2.